The van der Waals surface area contributed by atoms with Crippen molar-refractivity contribution in [1.29, 1.82) is 0 Å². The highest BCUT2D eigenvalue weighted by molar-refractivity contribution is 7.90. The Morgan fingerprint density at radius 2 is 1.95 bits per heavy atom. The minimum absolute atomic E-state index is 0.0684. The van der Waals surface area contributed by atoms with Crippen LogP contribution in [-0.2, 0) is 10.0 Å². The maximum absolute atomic E-state index is 12.0. The lowest BCUT2D eigenvalue weighted by atomic mass is 10.4. The molecular formula is C11H11ClN4O3S. The summed E-state index contributed by atoms with van der Waals surface area (Å²) in [6.45, 7) is 1.64. The van der Waals surface area contributed by atoms with E-state index in [0.717, 1.165) is 4.68 Å². The Labute approximate surface area is 119 Å². The number of rotatable bonds is 2. The molecule has 106 valence electrons. The highest BCUT2D eigenvalue weighted by atomic mass is 35.5. The zero-order valence-electron chi connectivity index (χ0n) is 10.4. The van der Waals surface area contributed by atoms with Crippen LogP contribution in [0.15, 0.2) is 44.4 Å². The fraction of sp³-hybridized carbons (Fsp3) is 0.0909. The lowest BCUT2D eigenvalue weighted by molar-refractivity contribution is 0.597. The van der Waals surface area contributed by atoms with Gasteiger partial charge in [0.05, 0.1) is 4.90 Å². The van der Waals surface area contributed by atoms with Crippen LogP contribution < -0.4 is 11.3 Å². The van der Waals surface area contributed by atoms with Crippen molar-refractivity contribution in [3.8, 4) is 0 Å². The van der Waals surface area contributed by atoms with E-state index in [9.17, 15) is 13.2 Å². The van der Waals surface area contributed by atoms with E-state index < -0.39 is 21.5 Å². The van der Waals surface area contributed by atoms with Crippen LogP contribution in [0.3, 0.4) is 0 Å². The molecule has 9 heteroatoms. The van der Waals surface area contributed by atoms with Crippen LogP contribution >= 0.6 is 11.6 Å². The quantitative estimate of drug-likeness (QED) is 0.627. The van der Waals surface area contributed by atoms with Gasteiger partial charge in [-0.15, -0.1) is 4.40 Å². The molecule has 0 amide bonds. The first-order chi connectivity index (χ1) is 9.29. The van der Waals surface area contributed by atoms with Crippen molar-refractivity contribution in [2.75, 3.05) is 0 Å². The maximum Gasteiger partial charge on any atom is 0.285 e. The first-order valence-corrected chi connectivity index (χ1v) is 7.26. The average molecular weight is 315 g/mol. The van der Waals surface area contributed by atoms with Gasteiger partial charge in [-0.05, 0) is 31.2 Å². The van der Waals surface area contributed by atoms with Crippen LogP contribution in [0.5, 0.6) is 0 Å². The van der Waals surface area contributed by atoms with Crippen molar-refractivity contribution < 1.29 is 8.42 Å². The van der Waals surface area contributed by atoms with Crippen molar-refractivity contribution >= 4 is 27.6 Å². The Kier molecular flexibility index (Phi) is 3.69. The zero-order chi connectivity index (χ0) is 14.9. The summed E-state index contributed by atoms with van der Waals surface area (Å²) in [6, 6.07) is 6.72. The molecular weight excluding hydrogens is 304 g/mol. The molecule has 0 saturated carbocycles. The van der Waals surface area contributed by atoms with E-state index >= 15 is 0 Å². The number of hydrogen-bond donors (Lipinski definition) is 2. The number of aromatic nitrogens is 2. The van der Waals surface area contributed by atoms with Crippen LogP contribution in [0.2, 0.25) is 5.02 Å². The second-order valence-electron chi connectivity index (χ2n) is 3.99. The number of nitrogens with zero attached hydrogens (tertiary/aromatic N) is 2. The summed E-state index contributed by atoms with van der Waals surface area (Å²) < 4.78 is 28.3. The highest BCUT2D eigenvalue weighted by Gasteiger charge is 2.15. The van der Waals surface area contributed by atoms with Gasteiger partial charge in [-0.2, -0.15) is 13.1 Å². The smallest absolute Gasteiger partial charge is 0.285 e. The standard InChI is InChI=1S/C11H11ClN4O3S/c1-7-6-10(17)16(14-7)11(13)15-20(18,19)9-4-2-8(12)3-5-9/h2-6,14H,1H3,(H2,13,15). The molecule has 0 unspecified atom stereocenters. The summed E-state index contributed by atoms with van der Waals surface area (Å²) in [7, 11) is -4.01. The topological polar surface area (TPSA) is 110 Å². The summed E-state index contributed by atoms with van der Waals surface area (Å²) >= 11 is 5.68. The number of nitrogens with one attached hydrogen (secondary N) is 1. The fourth-order valence-electron chi connectivity index (χ4n) is 1.51. The number of hydrogen-bond acceptors (Lipinski definition) is 3. The van der Waals surface area contributed by atoms with Crippen LogP contribution in [0.1, 0.15) is 5.69 Å². The summed E-state index contributed by atoms with van der Waals surface area (Å²) in [5, 5.41) is 2.99. The SMILES string of the molecule is Cc1cc(=O)n(C(N)=NS(=O)(=O)c2ccc(Cl)cc2)[nH]1. The molecule has 1 aromatic carbocycles. The second-order valence-corrected chi connectivity index (χ2v) is 6.03. The first kappa shape index (κ1) is 14.4. The molecule has 1 heterocycles. The van der Waals surface area contributed by atoms with Gasteiger partial charge in [-0.25, -0.2) is 0 Å². The van der Waals surface area contributed by atoms with Crippen molar-refractivity contribution in [2.24, 2.45) is 10.1 Å². The van der Waals surface area contributed by atoms with Gasteiger partial charge >= 0.3 is 0 Å². The molecule has 0 aliphatic rings. The number of sulfonamides is 1. The average Bonchev–Trinajstić information content (AvgIpc) is 2.68. The predicted octanol–water partition coefficient (Wildman–Crippen LogP) is 0.690. The molecule has 0 atom stereocenters. The molecule has 2 aromatic rings. The molecule has 0 bridgehead atoms. The van der Waals surface area contributed by atoms with Gasteiger partial charge in [-0.1, -0.05) is 11.6 Å². The Morgan fingerprint density at radius 1 is 1.35 bits per heavy atom. The number of halogens is 1. The largest absolute Gasteiger partial charge is 0.367 e. The second kappa shape index (κ2) is 5.14. The third-order valence-corrected chi connectivity index (χ3v) is 3.95. The number of aromatic amines is 1. The van der Waals surface area contributed by atoms with E-state index in [1.165, 1.54) is 30.3 Å². The monoisotopic (exact) mass is 314 g/mol. The Hall–Kier alpha value is -2.06. The summed E-state index contributed by atoms with van der Waals surface area (Å²) in [5.41, 5.74) is 5.59. The Balaban J connectivity index is 2.45. The number of nitrogens with two attached hydrogens (primary N) is 1. The van der Waals surface area contributed by atoms with E-state index in [1.807, 2.05) is 0 Å². The van der Waals surface area contributed by atoms with Crippen molar-refractivity contribution in [1.82, 2.24) is 9.78 Å². The molecule has 0 saturated heterocycles. The molecule has 0 radical (unpaired) electrons. The molecule has 0 aliphatic carbocycles. The van der Waals surface area contributed by atoms with E-state index in [0.29, 0.717) is 10.7 Å². The van der Waals surface area contributed by atoms with Crippen molar-refractivity contribution in [3.05, 3.63) is 51.4 Å². The van der Waals surface area contributed by atoms with Gasteiger partial charge in [0.25, 0.3) is 15.6 Å². The zero-order valence-corrected chi connectivity index (χ0v) is 11.9. The molecule has 2 rings (SSSR count). The third-order valence-electron chi connectivity index (χ3n) is 2.40. The van der Waals surface area contributed by atoms with Crippen LogP contribution in [0, 0.1) is 6.92 Å². The van der Waals surface area contributed by atoms with Gasteiger partial charge in [0.1, 0.15) is 0 Å². The third kappa shape index (κ3) is 2.91. The van der Waals surface area contributed by atoms with E-state index in [4.69, 9.17) is 17.3 Å². The van der Waals surface area contributed by atoms with E-state index in [2.05, 4.69) is 9.50 Å². The van der Waals surface area contributed by atoms with Crippen LogP contribution in [0.4, 0.5) is 0 Å². The number of H-pyrrole nitrogens is 1. The highest BCUT2D eigenvalue weighted by Crippen LogP contribution is 2.15. The summed E-state index contributed by atoms with van der Waals surface area (Å²) in [6.07, 6.45) is 0. The molecule has 1 aromatic heterocycles. The van der Waals surface area contributed by atoms with Gasteiger partial charge in [0.15, 0.2) is 0 Å². The normalized spacial score (nSPS) is 12.6. The maximum atomic E-state index is 12.0. The lowest BCUT2D eigenvalue weighted by Gasteiger charge is -2.02. The fourth-order valence-corrected chi connectivity index (χ4v) is 2.55. The summed E-state index contributed by atoms with van der Waals surface area (Å²) in [4.78, 5) is 11.4. The predicted molar refractivity (Wildman–Crippen MR) is 75.4 cm³/mol. The molecule has 0 aliphatic heterocycles. The Bertz CT molecular complexity index is 818. The molecule has 3 N–H and O–H groups in total. The Morgan fingerprint density at radius 3 is 2.45 bits per heavy atom. The van der Waals surface area contributed by atoms with E-state index in [-0.39, 0.29) is 4.90 Å². The van der Waals surface area contributed by atoms with E-state index in [1.54, 1.807) is 6.92 Å². The minimum atomic E-state index is -4.01. The van der Waals surface area contributed by atoms with Crippen LogP contribution in [-0.4, -0.2) is 24.2 Å². The van der Waals surface area contributed by atoms with Gasteiger partial charge in [-0.3, -0.25) is 9.89 Å². The van der Waals surface area contributed by atoms with Crippen molar-refractivity contribution in [2.45, 2.75) is 11.8 Å². The van der Waals surface area contributed by atoms with Crippen LogP contribution in [0.25, 0.3) is 0 Å². The molecule has 7 nitrogen and oxygen atoms in total. The first-order valence-electron chi connectivity index (χ1n) is 5.44. The minimum Gasteiger partial charge on any atom is -0.367 e. The molecule has 20 heavy (non-hydrogen) atoms. The molecule has 0 fully saturated rings. The number of benzene rings is 1. The van der Waals surface area contributed by atoms with Crippen molar-refractivity contribution in [3.63, 3.8) is 0 Å². The van der Waals surface area contributed by atoms with Gasteiger partial charge in [0, 0.05) is 16.8 Å². The molecule has 0 spiro atoms. The van der Waals surface area contributed by atoms with Gasteiger partial charge in [0.2, 0.25) is 5.96 Å². The van der Waals surface area contributed by atoms with Gasteiger partial charge < -0.3 is 5.73 Å². The lowest BCUT2D eigenvalue weighted by Crippen LogP contribution is -2.32. The number of aryl methyl sites for hydroxylation is 1. The summed E-state index contributed by atoms with van der Waals surface area (Å²) in [5.74, 6) is -0.460.